The van der Waals surface area contributed by atoms with E-state index in [9.17, 15) is 13.2 Å². The number of ether oxygens (including phenoxy) is 1. The molecule has 6 heteroatoms. The topological polar surface area (TPSA) is 48.1 Å². The second-order valence-electron chi connectivity index (χ2n) is 6.72. The van der Waals surface area contributed by atoms with Crippen molar-refractivity contribution < 1.29 is 17.9 Å². The van der Waals surface area contributed by atoms with Crippen molar-refractivity contribution >= 4 is 5.82 Å². The Kier molecular flexibility index (Phi) is 5.93. The fourth-order valence-corrected chi connectivity index (χ4v) is 2.79. The first-order valence-corrected chi connectivity index (χ1v) is 8.22. The normalized spacial score (nSPS) is 13.1. The molecule has 136 valence electrons. The molecular weight excluding hydrogens is 329 g/mol. The molecular formula is C19H23F3N2O. The number of nitrogens with two attached hydrogens (primary N) is 1. The molecule has 0 spiro atoms. The third-order valence-electron chi connectivity index (χ3n) is 3.80. The first-order valence-electron chi connectivity index (χ1n) is 8.22. The van der Waals surface area contributed by atoms with Gasteiger partial charge in [-0.25, -0.2) is 4.98 Å². The number of halogens is 3. The Morgan fingerprint density at radius 3 is 2.36 bits per heavy atom. The average Bonchev–Trinajstić information content (AvgIpc) is 2.51. The SMILES string of the molecule is CC(C)C[C@@H](C)COc1ccc(-c2ccnc(N)c2)cc1C(F)(F)F. The van der Waals surface area contributed by atoms with Crippen LogP contribution in [0.3, 0.4) is 0 Å². The molecule has 2 rings (SSSR count). The molecule has 1 heterocycles. The fourth-order valence-electron chi connectivity index (χ4n) is 2.79. The van der Waals surface area contributed by atoms with E-state index in [0.717, 1.165) is 12.5 Å². The van der Waals surface area contributed by atoms with Crippen LogP contribution in [0, 0.1) is 11.8 Å². The number of alkyl halides is 3. The van der Waals surface area contributed by atoms with Crippen molar-refractivity contribution in [3.63, 3.8) is 0 Å². The minimum atomic E-state index is -4.49. The minimum absolute atomic E-state index is 0.145. The summed E-state index contributed by atoms with van der Waals surface area (Å²) in [5.74, 6) is 0.767. The van der Waals surface area contributed by atoms with E-state index < -0.39 is 11.7 Å². The molecule has 0 aliphatic heterocycles. The highest BCUT2D eigenvalue weighted by atomic mass is 19.4. The summed E-state index contributed by atoms with van der Waals surface area (Å²) in [6.45, 7) is 6.38. The maximum absolute atomic E-state index is 13.4. The van der Waals surface area contributed by atoms with Gasteiger partial charge in [0.25, 0.3) is 0 Å². The highest BCUT2D eigenvalue weighted by Crippen LogP contribution is 2.39. The van der Waals surface area contributed by atoms with E-state index in [4.69, 9.17) is 10.5 Å². The number of anilines is 1. The number of rotatable bonds is 6. The zero-order chi connectivity index (χ0) is 18.6. The Bertz CT molecular complexity index is 714. The summed E-state index contributed by atoms with van der Waals surface area (Å²) in [6.07, 6.45) is -2.13. The van der Waals surface area contributed by atoms with E-state index >= 15 is 0 Å². The van der Waals surface area contributed by atoms with Crippen molar-refractivity contribution in [1.82, 2.24) is 4.98 Å². The van der Waals surface area contributed by atoms with Crippen LogP contribution >= 0.6 is 0 Å². The van der Waals surface area contributed by atoms with E-state index in [0.29, 0.717) is 17.0 Å². The van der Waals surface area contributed by atoms with E-state index in [-0.39, 0.29) is 24.1 Å². The van der Waals surface area contributed by atoms with Crippen molar-refractivity contribution in [2.45, 2.75) is 33.4 Å². The third kappa shape index (κ3) is 5.37. The molecule has 2 N–H and O–H groups in total. The molecule has 3 nitrogen and oxygen atoms in total. The Balaban J connectivity index is 2.29. The lowest BCUT2D eigenvalue weighted by Crippen LogP contribution is -2.14. The van der Waals surface area contributed by atoms with E-state index in [1.54, 1.807) is 18.2 Å². The summed E-state index contributed by atoms with van der Waals surface area (Å²) < 4.78 is 45.8. The Labute approximate surface area is 146 Å². The maximum Gasteiger partial charge on any atom is 0.419 e. The molecule has 0 saturated heterocycles. The van der Waals surface area contributed by atoms with Crippen LogP contribution in [0.2, 0.25) is 0 Å². The number of aromatic nitrogens is 1. The third-order valence-corrected chi connectivity index (χ3v) is 3.80. The molecule has 0 radical (unpaired) electrons. The lowest BCUT2D eigenvalue weighted by molar-refractivity contribution is -0.139. The lowest BCUT2D eigenvalue weighted by atomic mass is 9.99. The van der Waals surface area contributed by atoms with Gasteiger partial charge in [0.2, 0.25) is 0 Å². The molecule has 0 saturated carbocycles. The number of pyridine rings is 1. The van der Waals surface area contributed by atoms with E-state index in [1.807, 2.05) is 6.92 Å². The molecule has 1 aromatic heterocycles. The average molecular weight is 352 g/mol. The van der Waals surface area contributed by atoms with Gasteiger partial charge < -0.3 is 10.5 Å². The number of benzene rings is 1. The summed E-state index contributed by atoms with van der Waals surface area (Å²) in [6, 6.07) is 7.23. The molecule has 0 unspecified atom stereocenters. The number of nitrogen functional groups attached to an aromatic ring is 1. The van der Waals surface area contributed by atoms with Crippen LogP contribution in [0.5, 0.6) is 5.75 Å². The first kappa shape index (κ1) is 19.1. The van der Waals surface area contributed by atoms with Gasteiger partial charge in [-0.05, 0) is 53.6 Å². The standard InChI is InChI=1S/C19H23F3N2O/c1-12(2)8-13(3)11-25-17-5-4-14(9-16(17)19(20,21)22)15-6-7-24-18(23)10-15/h4-7,9-10,12-13H,8,11H2,1-3H3,(H2,23,24)/t13-/m1/s1. The van der Waals surface area contributed by atoms with Crippen LogP contribution in [0.1, 0.15) is 32.8 Å². The Morgan fingerprint density at radius 1 is 1.08 bits per heavy atom. The molecule has 1 aromatic carbocycles. The van der Waals surface area contributed by atoms with Crippen molar-refractivity contribution in [2.24, 2.45) is 11.8 Å². The highest BCUT2D eigenvalue weighted by Gasteiger charge is 2.35. The van der Waals surface area contributed by atoms with Gasteiger partial charge in [-0.2, -0.15) is 13.2 Å². The summed E-state index contributed by atoms with van der Waals surface area (Å²) >= 11 is 0. The molecule has 0 aliphatic rings. The highest BCUT2D eigenvalue weighted by molar-refractivity contribution is 5.67. The quantitative estimate of drug-likeness (QED) is 0.756. The molecule has 25 heavy (non-hydrogen) atoms. The largest absolute Gasteiger partial charge is 0.493 e. The van der Waals surface area contributed by atoms with Gasteiger partial charge in [0.15, 0.2) is 0 Å². The van der Waals surface area contributed by atoms with Crippen LogP contribution in [0.15, 0.2) is 36.5 Å². The van der Waals surface area contributed by atoms with Crippen LogP contribution in [0.25, 0.3) is 11.1 Å². The second-order valence-corrected chi connectivity index (χ2v) is 6.72. The summed E-state index contributed by atoms with van der Waals surface area (Å²) in [7, 11) is 0. The van der Waals surface area contributed by atoms with Crippen molar-refractivity contribution in [1.29, 1.82) is 0 Å². The summed E-state index contributed by atoms with van der Waals surface area (Å²) in [5.41, 5.74) is 5.83. The van der Waals surface area contributed by atoms with Gasteiger partial charge in [-0.15, -0.1) is 0 Å². The molecule has 0 bridgehead atoms. The van der Waals surface area contributed by atoms with E-state index in [2.05, 4.69) is 18.8 Å². The van der Waals surface area contributed by atoms with Crippen molar-refractivity contribution in [3.8, 4) is 16.9 Å². The predicted molar refractivity (Wildman–Crippen MR) is 93.2 cm³/mol. The summed E-state index contributed by atoms with van der Waals surface area (Å²) in [5, 5.41) is 0. The number of nitrogens with zero attached hydrogens (tertiary/aromatic N) is 1. The van der Waals surface area contributed by atoms with E-state index in [1.165, 1.54) is 12.3 Å². The lowest BCUT2D eigenvalue weighted by Gasteiger charge is -2.19. The van der Waals surface area contributed by atoms with Gasteiger partial charge >= 0.3 is 6.18 Å². The summed E-state index contributed by atoms with van der Waals surface area (Å²) in [4.78, 5) is 3.86. The number of hydrogen-bond acceptors (Lipinski definition) is 3. The van der Waals surface area contributed by atoms with Crippen LogP contribution in [-0.4, -0.2) is 11.6 Å². The van der Waals surface area contributed by atoms with Crippen molar-refractivity contribution in [2.75, 3.05) is 12.3 Å². The Morgan fingerprint density at radius 2 is 1.76 bits per heavy atom. The molecule has 2 aromatic rings. The van der Waals surface area contributed by atoms with Crippen molar-refractivity contribution in [3.05, 3.63) is 42.1 Å². The van der Waals surface area contributed by atoms with Gasteiger partial charge in [-0.3, -0.25) is 0 Å². The Hall–Kier alpha value is -2.24. The van der Waals surface area contributed by atoms with Crippen LogP contribution < -0.4 is 10.5 Å². The van der Waals surface area contributed by atoms with Gasteiger partial charge in [-0.1, -0.05) is 26.8 Å². The zero-order valence-electron chi connectivity index (χ0n) is 14.6. The second kappa shape index (κ2) is 7.76. The van der Waals surface area contributed by atoms with Gasteiger partial charge in [0.05, 0.1) is 12.2 Å². The molecule has 0 amide bonds. The maximum atomic E-state index is 13.4. The minimum Gasteiger partial charge on any atom is -0.493 e. The fraction of sp³-hybridized carbons (Fsp3) is 0.421. The zero-order valence-corrected chi connectivity index (χ0v) is 14.6. The molecule has 1 atom stereocenters. The van der Waals surface area contributed by atoms with Crippen LogP contribution in [0.4, 0.5) is 19.0 Å². The van der Waals surface area contributed by atoms with Gasteiger partial charge in [0.1, 0.15) is 11.6 Å². The predicted octanol–water partition coefficient (Wildman–Crippen LogP) is 5.41. The number of hydrogen-bond donors (Lipinski definition) is 1. The molecule has 0 fully saturated rings. The smallest absolute Gasteiger partial charge is 0.419 e. The van der Waals surface area contributed by atoms with Crippen LogP contribution in [-0.2, 0) is 6.18 Å². The monoisotopic (exact) mass is 352 g/mol. The van der Waals surface area contributed by atoms with Gasteiger partial charge in [0, 0.05) is 6.20 Å². The first-order chi connectivity index (χ1) is 11.7. The molecule has 0 aliphatic carbocycles.